The summed E-state index contributed by atoms with van der Waals surface area (Å²) in [7, 11) is 0. The summed E-state index contributed by atoms with van der Waals surface area (Å²) in [6.45, 7) is 0.0513. The number of aryl methyl sites for hydroxylation is 1. The van der Waals surface area contributed by atoms with Crippen LogP contribution in [0.15, 0.2) is 59.6 Å². The van der Waals surface area contributed by atoms with Crippen molar-refractivity contribution in [2.75, 3.05) is 6.61 Å². The second kappa shape index (κ2) is 6.68. The fraction of sp³-hybridized carbons (Fsp3) is 0.316. The van der Waals surface area contributed by atoms with E-state index in [4.69, 9.17) is 4.99 Å². The van der Waals surface area contributed by atoms with Gasteiger partial charge in [0.05, 0.1) is 12.6 Å². The SMILES string of the molecule is OC[C@H](N=C1CCCCc2ccccc21)c1ccccc1. The monoisotopic (exact) mass is 279 g/mol. The van der Waals surface area contributed by atoms with Crippen molar-refractivity contribution in [3.05, 3.63) is 71.3 Å². The molecule has 0 aromatic heterocycles. The fourth-order valence-electron chi connectivity index (χ4n) is 2.98. The Bertz CT molecular complexity index is 618. The summed E-state index contributed by atoms with van der Waals surface area (Å²) in [6, 6.07) is 18.4. The number of aliphatic imine (C=N–C) groups is 1. The van der Waals surface area contributed by atoms with Crippen LogP contribution in [0.25, 0.3) is 0 Å². The molecule has 0 saturated heterocycles. The summed E-state index contributed by atoms with van der Waals surface area (Å²) >= 11 is 0. The molecule has 2 nitrogen and oxygen atoms in total. The topological polar surface area (TPSA) is 32.6 Å². The molecule has 0 saturated carbocycles. The predicted octanol–water partition coefficient (Wildman–Crippen LogP) is 3.94. The minimum atomic E-state index is -0.160. The quantitative estimate of drug-likeness (QED) is 0.848. The van der Waals surface area contributed by atoms with Crippen molar-refractivity contribution in [1.82, 2.24) is 0 Å². The van der Waals surface area contributed by atoms with Gasteiger partial charge in [0.2, 0.25) is 0 Å². The third-order valence-electron chi connectivity index (χ3n) is 4.11. The largest absolute Gasteiger partial charge is 0.394 e. The maximum Gasteiger partial charge on any atom is 0.0983 e. The van der Waals surface area contributed by atoms with Gasteiger partial charge in [-0.1, -0.05) is 54.6 Å². The first-order valence-electron chi connectivity index (χ1n) is 7.69. The van der Waals surface area contributed by atoms with Crippen molar-refractivity contribution in [2.24, 2.45) is 4.99 Å². The smallest absolute Gasteiger partial charge is 0.0983 e. The maximum absolute atomic E-state index is 9.72. The van der Waals surface area contributed by atoms with Gasteiger partial charge in [0, 0.05) is 5.71 Å². The van der Waals surface area contributed by atoms with Crippen LogP contribution >= 0.6 is 0 Å². The summed E-state index contributed by atoms with van der Waals surface area (Å²) in [6.07, 6.45) is 4.51. The average molecular weight is 279 g/mol. The summed E-state index contributed by atoms with van der Waals surface area (Å²) in [5, 5.41) is 9.72. The lowest BCUT2D eigenvalue weighted by Gasteiger charge is -2.14. The highest BCUT2D eigenvalue weighted by Crippen LogP contribution is 2.24. The molecular formula is C19H21NO. The second-order valence-electron chi connectivity index (χ2n) is 5.55. The molecule has 1 N–H and O–H groups in total. The summed E-state index contributed by atoms with van der Waals surface area (Å²) in [5.74, 6) is 0. The van der Waals surface area contributed by atoms with Crippen molar-refractivity contribution in [2.45, 2.75) is 31.7 Å². The zero-order valence-corrected chi connectivity index (χ0v) is 12.2. The van der Waals surface area contributed by atoms with Crippen LogP contribution < -0.4 is 0 Å². The lowest BCUT2D eigenvalue weighted by atomic mass is 10.0. The van der Waals surface area contributed by atoms with Gasteiger partial charge in [0.25, 0.3) is 0 Å². The van der Waals surface area contributed by atoms with Crippen LogP contribution in [0, 0.1) is 0 Å². The van der Waals surface area contributed by atoms with Crippen molar-refractivity contribution in [1.29, 1.82) is 0 Å². The van der Waals surface area contributed by atoms with Crippen LogP contribution in [0.1, 0.15) is 42.0 Å². The van der Waals surface area contributed by atoms with Crippen LogP contribution in [0.4, 0.5) is 0 Å². The normalized spacial score (nSPS) is 18.0. The van der Waals surface area contributed by atoms with Crippen LogP contribution in [-0.4, -0.2) is 17.4 Å². The van der Waals surface area contributed by atoms with E-state index >= 15 is 0 Å². The number of aliphatic hydroxyl groups is 1. The van der Waals surface area contributed by atoms with Crippen molar-refractivity contribution >= 4 is 5.71 Å². The molecule has 0 amide bonds. The Balaban J connectivity index is 1.98. The Labute approximate surface area is 126 Å². The molecule has 1 aliphatic carbocycles. The third-order valence-corrected chi connectivity index (χ3v) is 4.11. The molecule has 3 rings (SSSR count). The summed E-state index contributed by atoms with van der Waals surface area (Å²) in [4.78, 5) is 4.89. The molecular weight excluding hydrogens is 258 g/mol. The van der Waals surface area contributed by atoms with Gasteiger partial charge >= 0.3 is 0 Å². The van der Waals surface area contributed by atoms with Gasteiger partial charge in [-0.3, -0.25) is 4.99 Å². The zero-order chi connectivity index (χ0) is 14.5. The lowest BCUT2D eigenvalue weighted by Crippen LogP contribution is -2.08. The van der Waals surface area contributed by atoms with Gasteiger partial charge in [-0.25, -0.2) is 0 Å². The van der Waals surface area contributed by atoms with Gasteiger partial charge < -0.3 is 5.11 Å². The number of rotatable bonds is 3. The molecule has 2 aromatic rings. The predicted molar refractivity (Wildman–Crippen MR) is 86.8 cm³/mol. The van der Waals surface area contributed by atoms with E-state index in [-0.39, 0.29) is 12.6 Å². The number of nitrogens with zero attached hydrogens (tertiary/aromatic N) is 1. The number of aliphatic hydroxyl groups excluding tert-OH is 1. The van der Waals surface area contributed by atoms with Gasteiger partial charge in [-0.05, 0) is 42.4 Å². The minimum Gasteiger partial charge on any atom is -0.394 e. The van der Waals surface area contributed by atoms with Gasteiger partial charge in [-0.2, -0.15) is 0 Å². The average Bonchev–Trinajstić information content (AvgIpc) is 2.76. The first-order valence-corrected chi connectivity index (χ1v) is 7.69. The molecule has 0 aliphatic heterocycles. The molecule has 2 aromatic carbocycles. The summed E-state index contributed by atoms with van der Waals surface area (Å²) < 4.78 is 0. The highest BCUT2D eigenvalue weighted by Gasteiger charge is 2.16. The van der Waals surface area contributed by atoms with Gasteiger partial charge in [0.1, 0.15) is 0 Å². The molecule has 108 valence electrons. The third kappa shape index (κ3) is 3.22. The Kier molecular flexibility index (Phi) is 4.46. The standard InChI is InChI=1S/C19H21NO/c21-14-19(16-10-2-1-3-11-16)20-18-13-7-5-9-15-8-4-6-12-17(15)18/h1-4,6,8,10-12,19,21H,5,7,9,13-14H2/t19-/m0/s1. The van der Waals surface area contributed by atoms with E-state index in [1.165, 1.54) is 24.0 Å². The first-order chi connectivity index (χ1) is 10.4. The molecule has 2 heteroatoms. The Morgan fingerprint density at radius 2 is 1.62 bits per heavy atom. The number of fused-ring (bicyclic) bond motifs is 1. The lowest BCUT2D eigenvalue weighted by molar-refractivity contribution is 0.269. The Morgan fingerprint density at radius 3 is 2.43 bits per heavy atom. The number of benzene rings is 2. The van der Waals surface area contributed by atoms with E-state index in [0.29, 0.717) is 0 Å². The van der Waals surface area contributed by atoms with Crippen LogP contribution in [-0.2, 0) is 6.42 Å². The molecule has 0 radical (unpaired) electrons. The number of hydrogen-bond acceptors (Lipinski definition) is 2. The molecule has 0 fully saturated rings. The van der Waals surface area contributed by atoms with E-state index in [1.807, 2.05) is 30.3 Å². The summed E-state index contributed by atoms with van der Waals surface area (Å²) in [5.41, 5.74) is 4.88. The van der Waals surface area contributed by atoms with Gasteiger partial charge in [-0.15, -0.1) is 0 Å². The highest BCUT2D eigenvalue weighted by molar-refractivity contribution is 6.02. The Hall–Kier alpha value is -1.93. The van der Waals surface area contributed by atoms with Crippen molar-refractivity contribution in [3.63, 3.8) is 0 Å². The number of hydrogen-bond donors (Lipinski definition) is 1. The molecule has 0 unspecified atom stereocenters. The Morgan fingerprint density at radius 1 is 0.905 bits per heavy atom. The molecule has 0 heterocycles. The van der Waals surface area contributed by atoms with Crippen molar-refractivity contribution < 1.29 is 5.11 Å². The molecule has 0 bridgehead atoms. The fourth-order valence-corrected chi connectivity index (χ4v) is 2.98. The highest BCUT2D eigenvalue weighted by atomic mass is 16.3. The second-order valence-corrected chi connectivity index (χ2v) is 5.55. The molecule has 0 spiro atoms. The van der Waals surface area contributed by atoms with Crippen LogP contribution in [0.3, 0.4) is 0 Å². The minimum absolute atomic E-state index is 0.0513. The molecule has 1 aliphatic rings. The van der Waals surface area contributed by atoms with Crippen molar-refractivity contribution in [3.8, 4) is 0 Å². The molecule has 21 heavy (non-hydrogen) atoms. The van der Waals surface area contributed by atoms with Gasteiger partial charge in [0.15, 0.2) is 0 Å². The van der Waals surface area contributed by atoms with E-state index in [1.54, 1.807) is 0 Å². The van der Waals surface area contributed by atoms with E-state index in [9.17, 15) is 5.11 Å². The first kappa shape index (κ1) is 14.0. The van der Waals surface area contributed by atoms with E-state index in [0.717, 1.165) is 24.1 Å². The van der Waals surface area contributed by atoms with Crippen LogP contribution in [0.2, 0.25) is 0 Å². The molecule has 1 atom stereocenters. The van der Waals surface area contributed by atoms with Crippen LogP contribution in [0.5, 0.6) is 0 Å². The maximum atomic E-state index is 9.72. The zero-order valence-electron chi connectivity index (χ0n) is 12.2. The van der Waals surface area contributed by atoms with E-state index < -0.39 is 0 Å². The van der Waals surface area contributed by atoms with E-state index in [2.05, 4.69) is 24.3 Å².